The predicted octanol–water partition coefficient (Wildman–Crippen LogP) is 1.78. The minimum absolute atomic E-state index is 0.209. The Hall–Kier alpha value is -1.31. The highest BCUT2D eigenvalue weighted by atomic mass is 16.3. The first-order valence-electron chi connectivity index (χ1n) is 3.75. The van der Waals surface area contributed by atoms with E-state index in [0.29, 0.717) is 0 Å². The van der Waals surface area contributed by atoms with Gasteiger partial charge in [-0.3, -0.25) is 4.79 Å². The Bertz CT molecular complexity index is 272. The lowest BCUT2D eigenvalue weighted by atomic mass is 9.86. The van der Waals surface area contributed by atoms with Crippen molar-refractivity contribution >= 4 is 6.29 Å². The molecular weight excluding hydrogens is 152 g/mol. The summed E-state index contributed by atoms with van der Waals surface area (Å²) in [5.74, 6) is 0.209. The molecule has 0 bridgehead atoms. The van der Waals surface area contributed by atoms with Gasteiger partial charge in [0.1, 0.15) is 5.75 Å². The Morgan fingerprint density at radius 3 is 2.17 bits per heavy atom. The number of rotatable bonds is 2. The molecule has 2 nitrogen and oxygen atoms in total. The average molecular weight is 163 g/mol. The Kier molecular flexibility index (Phi) is 2.18. The second kappa shape index (κ2) is 2.97. The van der Waals surface area contributed by atoms with Crippen molar-refractivity contribution in [3.05, 3.63) is 29.8 Å². The van der Waals surface area contributed by atoms with Crippen molar-refractivity contribution in [3.63, 3.8) is 0 Å². The first-order chi connectivity index (χ1) is 5.56. The van der Waals surface area contributed by atoms with Crippen molar-refractivity contribution < 1.29 is 9.90 Å². The molecule has 0 spiro atoms. The average Bonchev–Trinajstić information content (AvgIpc) is 2.05. The van der Waals surface area contributed by atoms with E-state index in [2.05, 4.69) is 0 Å². The van der Waals surface area contributed by atoms with Gasteiger partial charge in [0, 0.05) is 0 Å². The monoisotopic (exact) mass is 163 g/mol. The zero-order valence-electron chi connectivity index (χ0n) is 7.16. The molecule has 63 valence electrons. The molecule has 0 aliphatic carbocycles. The fourth-order valence-electron chi connectivity index (χ4n) is 0.937. The van der Waals surface area contributed by atoms with Crippen LogP contribution in [0.1, 0.15) is 19.4 Å². The largest absolute Gasteiger partial charge is 0.508 e. The topological polar surface area (TPSA) is 37.3 Å². The summed E-state index contributed by atoms with van der Waals surface area (Å²) in [6.07, 6.45) is 1.95. The zero-order chi connectivity index (χ0) is 9.19. The number of hydrogen-bond acceptors (Lipinski definition) is 2. The smallest absolute Gasteiger partial charge is 0.209 e. The van der Waals surface area contributed by atoms with Gasteiger partial charge in [-0.05, 0) is 31.5 Å². The molecule has 0 aliphatic rings. The molecule has 0 atom stereocenters. The maximum absolute atomic E-state index is 10.5. The van der Waals surface area contributed by atoms with Gasteiger partial charge >= 0.3 is 0 Å². The van der Waals surface area contributed by atoms with Crippen LogP contribution in [0.2, 0.25) is 0 Å². The molecule has 1 aromatic carbocycles. The molecule has 1 aromatic rings. The minimum atomic E-state index is -0.590. The van der Waals surface area contributed by atoms with Crippen LogP contribution in [0.25, 0.3) is 0 Å². The Morgan fingerprint density at radius 2 is 1.75 bits per heavy atom. The molecule has 12 heavy (non-hydrogen) atoms. The maximum atomic E-state index is 10.5. The van der Waals surface area contributed by atoms with E-state index in [4.69, 9.17) is 5.11 Å². The lowest BCUT2D eigenvalue weighted by Gasteiger charge is -2.15. The number of phenols is 1. The van der Waals surface area contributed by atoms with Gasteiger partial charge < -0.3 is 5.11 Å². The second-order valence-corrected chi connectivity index (χ2v) is 3.27. The summed E-state index contributed by atoms with van der Waals surface area (Å²) in [7, 11) is 0. The van der Waals surface area contributed by atoms with E-state index in [1.165, 1.54) is 0 Å². The molecule has 1 rings (SSSR count). The molecule has 0 aromatic heterocycles. The lowest BCUT2D eigenvalue weighted by Crippen LogP contribution is -2.18. The van der Waals surface area contributed by atoms with Crippen LogP contribution in [-0.4, -0.2) is 11.4 Å². The van der Waals surface area contributed by atoms with E-state index in [-0.39, 0.29) is 5.75 Å². The predicted molar refractivity (Wildman–Crippen MR) is 46.8 cm³/mol. The molecule has 0 fully saturated rings. The summed E-state index contributed by atoms with van der Waals surface area (Å²) in [5, 5.41) is 9.00. The van der Waals surface area contributed by atoms with Crippen molar-refractivity contribution in [2.45, 2.75) is 19.3 Å². The first-order valence-corrected chi connectivity index (χ1v) is 3.75. The van der Waals surface area contributed by atoms with Gasteiger partial charge in [-0.25, -0.2) is 0 Å². The number of phenolic OH excluding ortho intramolecular Hbond substituents is 1. The molecule has 0 amide bonds. The highest BCUT2D eigenvalue weighted by Crippen LogP contribution is 2.22. The number of benzene rings is 1. The Balaban J connectivity index is 3.04. The van der Waals surface area contributed by atoms with Crippen LogP contribution in [0.3, 0.4) is 0 Å². The number of aromatic hydroxyl groups is 1. The summed E-state index contributed by atoms with van der Waals surface area (Å²) >= 11 is 0. The second-order valence-electron chi connectivity index (χ2n) is 3.27. The third-order valence-electron chi connectivity index (χ3n) is 1.84. The molecule has 1 N–H and O–H groups in total. The number of hydrogen-bond donors (Lipinski definition) is 1. The molecule has 2 heteroatoms. The van der Waals surface area contributed by atoms with Crippen molar-refractivity contribution in [1.82, 2.24) is 0 Å². The van der Waals surface area contributed by atoms with E-state index < -0.39 is 5.41 Å². The fourth-order valence-corrected chi connectivity index (χ4v) is 0.937. The van der Waals surface area contributed by atoms with E-state index in [0.717, 1.165) is 5.56 Å². The Morgan fingerprint density at radius 1 is 1.25 bits per heavy atom. The molecule has 0 aliphatic heterocycles. The van der Waals surface area contributed by atoms with Gasteiger partial charge in [0.05, 0.1) is 5.41 Å². The van der Waals surface area contributed by atoms with Gasteiger partial charge in [0.15, 0.2) is 0 Å². The van der Waals surface area contributed by atoms with Crippen molar-refractivity contribution in [3.8, 4) is 5.75 Å². The standard InChI is InChI=1S/C10H11O2/c1-10(2,7-11)8-3-5-9(12)6-4-8/h3-6,12H,1-2H3. The van der Waals surface area contributed by atoms with E-state index in [1.54, 1.807) is 38.1 Å². The minimum Gasteiger partial charge on any atom is -0.508 e. The van der Waals surface area contributed by atoms with E-state index in [9.17, 15) is 4.79 Å². The van der Waals surface area contributed by atoms with Gasteiger partial charge in [-0.1, -0.05) is 12.1 Å². The molecular formula is C10H11O2. The van der Waals surface area contributed by atoms with Crippen LogP contribution in [0.5, 0.6) is 5.75 Å². The zero-order valence-corrected chi connectivity index (χ0v) is 7.16. The van der Waals surface area contributed by atoms with E-state index in [1.807, 2.05) is 6.29 Å². The van der Waals surface area contributed by atoms with Crippen LogP contribution >= 0.6 is 0 Å². The normalized spacial score (nSPS) is 11.2. The van der Waals surface area contributed by atoms with Crippen LogP contribution in [0.4, 0.5) is 0 Å². The highest BCUT2D eigenvalue weighted by Gasteiger charge is 2.19. The molecule has 0 saturated heterocycles. The quantitative estimate of drug-likeness (QED) is 0.721. The lowest BCUT2D eigenvalue weighted by molar-refractivity contribution is 0.474. The number of carbonyl (C=O) groups excluding carboxylic acids is 1. The van der Waals surface area contributed by atoms with Crippen molar-refractivity contribution in [2.24, 2.45) is 0 Å². The van der Waals surface area contributed by atoms with Crippen LogP contribution in [0.15, 0.2) is 24.3 Å². The molecule has 0 saturated carbocycles. The Labute approximate surface area is 71.8 Å². The highest BCUT2D eigenvalue weighted by molar-refractivity contribution is 5.67. The maximum Gasteiger partial charge on any atom is 0.209 e. The van der Waals surface area contributed by atoms with Crippen LogP contribution < -0.4 is 0 Å². The summed E-state index contributed by atoms with van der Waals surface area (Å²) in [6, 6.07) is 6.57. The molecule has 0 heterocycles. The third kappa shape index (κ3) is 1.64. The van der Waals surface area contributed by atoms with Gasteiger partial charge in [-0.15, -0.1) is 0 Å². The van der Waals surface area contributed by atoms with Gasteiger partial charge in [-0.2, -0.15) is 0 Å². The SMILES string of the molecule is CC(C)([C]=O)c1ccc(O)cc1. The molecule has 0 unspecified atom stereocenters. The summed E-state index contributed by atoms with van der Waals surface area (Å²) in [5.41, 5.74) is 0.267. The summed E-state index contributed by atoms with van der Waals surface area (Å²) < 4.78 is 0. The summed E-state index contributed by atoms with van der Waals surface area (Å²) in [4.78, 5) is 10.5. The van der Waals surface area contributed by atoms with Crippen molar-refractivity contribution in [1.29, 1.82) is 0 Å². The van der Waals surface area contributed by atoms with E-state index >= 15 is 0 Å². The summed E-state index contributed by atoms with van der Waals surface area (Å²) in [6.45, 7) is 3.57. The van der Waals surface area contributed by atoms with Gasteiger partial charge in [0.2, 0.25) is 6.29 Å². The molecule has 1 radical (unpaired) electrons. The van der Waals surface area contributed by atoms with Crippen molar-refractivity contribution in [2.75, 3.05) is 0 Å². The van der Waals surface area contributed by atoms with Crippen LogP contribution in [-0.2, 0) is 10.2 Å². The van der Waals surface area contributed by atoms with Crippen LogP contribution in [0, 0.1) is 0 Å². The van der Waals surface area contributed by atoms with Gasteiger partial charge in [0.25, 0.3) is 0 Å². The first kappa shape index (κ1) is 8.78. The third-order valence-corrected chi connectivity index (χ3v) is 1.84. The fraction of sp³-hybridized carbons (Fsp3) is 0.300.